The predicted octanol–water partition coefficient (Wildman–Crippen LogP) is 4.24. The minimum absolute atomic E-state index is 0.0532. The molecule has 0 saturated heterocycles. The normalized spacial score (nSPS) is 11.9. The van der Waals surface area contributed by atoms with Crippen LogP contribution in [0.1, 0.15) is 24.5 Å². The van der Waals surface area contributed by atoms with Crippen molar-refractivity contribution in [2.45, 2.75) is 33.7 Å². The fourth-order valence-corrected chi connectivity index (χ4v) is 3.96. The van der Waals surface area contributed by atoms with Gasteiger partial charge in [-0.2, -0.15) is 4.99 Å². The van der Waals surface area contributed by atoms with Crippen LogP contribution >= 0.6 is 11.3 Å². The average Bonchev–Trinajstić information content (AvgIpc) is 2.92. The van der Waals surface area contributed by atoms with Gasteiger partial charge in [-0.1, -0.05) is 42.5 Å². The van der Waals surface area contributed by atoms with E-state index in [4.69, 9.17) is 4.74 Å². The van der Waals surface area contributed by atoms with Gasteiger partial charge in [-0.05, 0) is 49.6 Å². The monoisotopic (exact) mass is 354 g/mol. The van der Waals surface area contributed by atoms with E-state index in [0.717, 1.165) is 23.3 Å². The fraction of sp³-hybridized carbons (Fsp3) is 0.300. The topological polar surface area (TPSA) is 43.6 Å². The van der Waals surface area contributed by atoms with Crippen LogP contribution in [0.3, 0.4) is 0 Å². The third-order valence-electron chi connectivity index (χ3n) is 3.89. The quantitative estimate of drug-likeness (QED) is 0.688. The van der Waals surface area contributed by atoms with E-state index in [1.807, 2.05) is 30.3 Å². The van der Waals surface area contributed by atoms with Gasteiger partial charge < -0.3 is 9.30 Å². The van der Waals surface area contributed by atoms with Gasteiger partial charge in [0.1, 0.15) is 5.75 Å². The SMILES string of the molecule is CCCn1c(=NC(=O)COc2ccccc2)sc2c(C)cc(C)cc21. The number of aryl methyl sites for hydroxylation is 3. The number of amides is 1. The number of fused-ring (bicyclic) bond motifs is 1. The molecule has 0 aliphatic heterocycles. The Morgan fingerprint density at radius 3 is 2.68 bits per heavy atom. The molecule has 0 aliphatic rings. The molecule has 1 aromatic heterocycles. The molecular weight excluding hydrogens is 332 g/mol. The number of benzene rings is 2. The van der Waals surface area contributed by atoms with Crippen LogP contribution in [0.15, 0.2) is 47.5 Å². The van der Waals surface area contributed by atoms with Gasteiger partial charge in [-0.15, -0.1) is 0 Å². The lowest BCUT2D eigenvalue weighted by atomic mass is 10.1. The van der Waals surface area contributed by atoms with Crippen LogP contribution in [0.5, 0.6) is 5.75 Å². The summed E-state index contributed by atoms with van der Waals surface area (Å²) in [5.41, 5.74) is 3.59. The summed E-state index contributed by atoms with van der Waals surface area (Å²) in [6.45, 7) is 7.11. The van der Waals surface area contributed by atoms with Gasteiger partial charge >= 0.3 is 0 Å². The van der Waals surface area contributed by atoms with E-state index in [9.17, 15) is 4.79 Å². The maximum Gasteiger partial charge on any atom is 0.286 e. The standard InChI is InChI=1S/C20H22N2O2S/c1-4-10-22-17-12-14(2)11-15(3)19(17)25-20(22)21-18(23)13-24-16-8-6-5-7-9-16/h5-9,11-12H,4,10,13H2,1-3H3. The van der Waals surface area contributed by atoms with Crippen LogP contribution in [0, 0.1) is 13.8 Å². The zero-order valence-electron chi connectivity index (χ0n) is 14.8. The number of rotatable bonds is 5. The average molecular weight is 354 g/mol. The van der Waals surface area contributed by atoms with E-state index >= 15 is 0 Å². The summed E-state index contributed by atoms with van der Waals surface area (Å²) in [7, 11) is 0. The number of carbonyl (C=O) groups is 1. The molecule has 0 spiro atoms. The van der Waals surface area contributed by atoms with Crippen molar-refractivity contribution in [3.8, 4) is 5.75 Å². The minimum Gasteiger partial charge on any atom is -0.484 e. The van der Waals surface area contributed by atoms with Crippen LogP contribution < -0.4 is 9.54 Å². The molecular formula is C20H22N2O2S. The van der Waals surface area contributed by atoms with Crippen molar-refractivity contribution in [3.05, 3.63) is 58.4 Å². The Hall–Kier alpha value is -2.40. The van der Waals surface area contributed by atoms with Crippen molar-refractivity contribution in [2.24, 2.45) is 4.99 Å². The second-order valence-corrected chi connectivity index (χ2v) is 7.05. The van der Waals surface area contributed by atoms with Gasteiger partial charge in [0.05, 0.1) is 10.2 Å². The number of nitrogens with zero attached hydrogens (tertiary/aromatic N) is 2. The number of para-hydroxylation sites is 1. The highest BCUT2D eigenvalue weighted by Gasteiger charge is 2.10. The molecule has 0 aliphatic carbocycles. The highest BCUT2D eigenvalue weighted by atomic mass is 32.1. The number of hydrogen-bond acceptors (Lipinski definition) is 3. The Labute approximate surface area is 151 Å². The van der Waals surface area contributed by atoms with Crippen molar-refractivity contribution < 1.29 is 9.53 Å². The molecule has 0 bridgehead atoms. The summed E-state index contributed by atoms with van der Waals surface area (Å²) in [6, 6.07) is 13.7. The van der Waals surface area contributed by atoms with Crippen LogP contribution in [-0.2, 0) is 11.3 Å². The molecule has 0 saturated carbocycles. The first-order chi connectivity index (χ1) is 12.1. The Morgan fingerprint density at radius 1 is 1.20 bits per heavy atom. The third-order valence-corrected chi connectivity index (χ3v) is 5.12. The van der Waals surface area contributed by atoms with E-state index in [1.165, 1.54) is 15.8 Å². The summed E-state index contributed by atoms with van der Waals surface area (Å²) in [4.78, 5) is 17.3. The van der Waals surface area contributed by atoms with Gasteiger partial charge in [-0.3, -0.25) is 4.79 Å². The fourth-order valence-electron chi connectivity index (χ4n) is 2.84. The van der Waals surface area contributed by atoms with Crippen molar-refractivity contribution in [3.63, 3.8) is 0 Å². The van der Waals surface area contributed by atoms with E-state index < -0.39 is 0 Å². The molecule has 2 aromatic carbocycles. The highest BCUT2D eigenvalue weighted by Crippen LogP contribution is 2.23. The van der Waals surface area contributed by atoms with E-state index in [0.29, 0.717) is 5.75 Å². The largest absolute Gasteiger partial charge is 0.484 e. The molecule has 0 N–H and O–H groups in total. The van der Waals surface area contributed by atoms with Gasteiger partial charge in [0.15, 0.2) is 11.4 Å². The Kier molecular flexibility index (Phi) is 5.34. The lowest BCUT2D eigenvalue weighted by Crippen LogP contribution is -2.19. The van der Waals surface area contributed by atoms with Crippen molar-refractivity contribution >= 4 is 27.5 Å². The summed E-state index contributed by atoms with van der Waals surface area (Å²) in [6.07, 6.45) is 0.987. The minimum atomic E-state index is -0.269. The zero-order valence-corrected chi connectivity index (χ0v) is 15.6. The molecule has 25 heavy (non-hydrogen) atoms. The van der Waals surface area contributed by atoms with E-state index in [2.05, 4.69) is 42.5 Å². The number of ether oxygens (including phenoxy) is 1. The zero-order chi connectivity index (χ0) is 17.8. The summed E-state index contributed by atoms with van der Waals surface area (Å²) in [5.74, 6) is 0.407. The summed E-state index contributed by atoms with van der Waals surface area (Å²) < 4.78 is 8.84. The molecule has 4 nitrogen and oxygen atoms in total. The molecule has 1 heterocycles. The summed E-state index contributed by atoms with van der Waals surface area (Å²) >= 11 is 1.57. The predicted molar refractivity (Wildman–Crippen MR) is 102 cm³/mol. The van der Waals surface area contributed by atoms with Gasteiger partial charge in [0.25, 0.3) is 5.91 Å². The third kappa shape index (κ3) is 3.99. The number of aromatic nitrogens is 1. The summed E-state index contributed by atoms with van der Waals surface area (Å²) in [5, 5.41) is 0. The molecule has 130 valence electrons. The van der Waals surface area contributed by atoms with Crippen molar-refractivity contribution in [1.82, 2.24) is 4.57 Å². The molecule has 5 heteroatoms. The number of thiazole rings is 1. The number of hydrogen-bond donors (Lipinski definition) is 0. The van der Waals surface area contributed by atoms with Gasteiger partial charge in [0.2, 0.25) is 0 Å². The molecule has 0 fully saturated rings. The molecule has 3 rings (SSSR count). The van der Waals surface area contributed by atoms with Crippen molar-refractivity contribution in [1.29, 1.82) is 0 Å². The highest BCUT2D eigenvalue weighted by molar-refractivity contribution is 7.16. The Bertz CT molecular complexity index is 955. The lowest BCUT2D eigenvalue weighted by molar-refractivity contribution is -0.120. The first-order valence-electron chi connectivity index (χ1n) is 8.44. The first kappa shape index (κ1) is 17.4. The Morgan fingerprint density at radius 2 is 1.96 bits per heavy atom. The smallest absolute Gasteiger partial charge is 0.286 e. The molecule has 0 atom stereocenters. The van der Waals surface area contributed by atoms with Crippen LogP contribution in [0.4, 0.5) is 0 Å². The second kappa shape index (κ2) is 7.66. The van der Waals surface area contributed by atoms with Gasteiger partial charge in [0, 0.05) is 6.54 Å². The first-order valence-corrected chi connectivity index (χ1v) is 9.26. The number of carbonyl (C=O) groups excluding carboxylic acids is 1. The van der Waals surface area contributed by atoms with Crippen LogP contribution in [0.2, 0.25) is 0 Å². The van der Waals surface area contributed by atoms with Gasteiger partial charge in [-0.25, -0.2) is 0 Å². The van der Waals surface area contributed by atoms with Crippen LogP contribution in [0.25, 0.3) is 10.2 Å². The second-order valence-electron chi connectivity index (χ2n) is 6.07. The molecule has 0 radical (unpaired) electrons. The van der Waals surface area contributed by atoms with E-state index in [1.54, 1.807) is 11.3 Å². The maximum atomic E-state index is 12.3. The molecule has 0 unspecified atom stereocenters. The van der Waals surface area contributed by atoms with Crippen LogP contribution in [-0.4, -0.2) is 17.1 Å². The lowest BCUT2D eigenvalue weighted by Gasteiger charge is -2.05. The Balaban J connectivity index is 1.93. The van der Waals surface area contributed by atoms with Crippen molar-refractivity contribution in [2.75, 3.05) is 6.61 Å². The molecule has 3 aromatic rings. The maximum absolute atomic E-state index is 12.3. The molecule has 1 amide bonds. The van der Waals surface area contributed by atoms with E-state index in [-0.39, 0.29) is 12.5 Å².